The lowest BCUT2D eigenvalue weighted by molar-refractivity contribution is -0.532. The van der Waals surface area contributed by atoms with Gasteiger partial charge in [0.1, 0.15) is 0 Å². The zero-order chi connectivity index (χ0) is 9.72. The normalized spacial score (nSPS) is 11.8. The second kappa shape index (κ2) is 4.48. The highest BCUT2D eigenvalue weighted by Crippen LogP contribution is 1.97. The van der Waals surface area contributed by atoms with E-state index in [0.29, 0.717) is 4.86 Å². The molecule has 1 N–H and O–H groups in total. The van der Waals surface area contributed by atoms with E-state index in [1.54, 1.807) is 0 Å². The molecule has 0 radical (unpaired) electrons. The van der Waals surface area contributed by atoms with Gasteiger partial charge < -0.3 is 10.3 Å². The van der Waals surface area contributed by atoms with Crippen LogP contribution in [-0.2, 0) is 4.79 Å². The molecule has 0 atom stereocenters. The Hall–Kier alpha value is -1.39. The van der Waals surface area contributed by atoms with Crippen LogP contribution in [0.2, 0.25) is 0 Å². The molecule has 0 saturated heterocycles. The first-order valence-electron chi connectivity index (χ1n) is 3.52. The SMILES string of the molecule is C=[13C]([15N]=[N+]([O-])CC(C)C)C(=O)O. The van der Waals surface area contributed by atoms with Gasteiger partial charge in [0.05, 0.1) is 0 Å². The predicted octanol–water partition coefficient (Wildman–Crippen LogP) is 1.20. The molecule has 0 aliphatic heterocycles. The molecule has 5 heteroatoms. The van der Waals surface area contributed by atoms with Crippen LogP contribution in [0.25, 0.3) is 0 Å². The second-order valence-electron chi connectivity index (χ2n) is 2.78. The number of hydroxylamine groups is 1. The van der Waals surface area contributed by atoms with Crippen LogP contribution in [0.3, 0.4) is 0 Å². The van der Waals surface area contributed by atoms with Crippen LogP contribution in [-0.4, -0.2) is 22.5 Å². The number of rotatable bonds is 4. The molecule has 0 aliphatic carbocycles. The molecular formula is C7H12N2O3. The van der Waals surface area contributed by atoms with E-state index < -0.39 is 11.7 Å². The van der Waals surface area contributed by atoms with E-state index in [0.717, 1.165) is 0 Å². The Morgan fingerprint density at radius 2 is 2.25 bits per heavy atom. The summed E-state index contributed by atoms with van der Waals surface area (Å²) in [5.74, 6) is -1.13. The van der Waals surface area contributed by atoms with Crippen molar-refractivity contribution in [2.75, 3.05) is 6.54 Å². The maximum Gasteiger partial charge on any atom is 0.360 e. The van der Waals surface area contributed by atoms with Gasteiger partial charge in [0.2, 0.25) is 5.70 Å². The van der Waals surface area contributed by atoms with Crippen molar-refractivity contribution in [2.24, 2.45) is 11.0 Å². The second-order valence-corrected chi connectivity index (χ2v) is 2.78. The number of carboxylic acids is 1. The lowest BCUT2D eigenvalue weighted by atomic mass is 10.2. The van der Waals surface area contributed by atoms with E-state index in [9.17, 15) is 10.0 Å². The molecule has 0 aromatic carbocycles. The fourth-order valence-electron chi connectivity index (χ4n) is 0.531. The van der Waals surface area contributed by atoms with Crippen LogP contribution in [0, 0.1) is 11.1 Å². The number of nitrogens with zero attached hydrogens (tertiary/aromatic N) is 2. The van der Waals surface area contributed by atoms with Crippen LogP contribution in [0.5, 0.6) is 0 Å². The Bertz CT molecular complexity index is 221. The van der Waals surface area contributed by atoms with Crippen molar-refractivity contribution in [1.82, 2.24) is 0 Å². The summed E-state index contributed by atoms with van der Waals surface area (Å²) < 4.78 is 0. The van der Waals surface area contributed by atoms with Crippen molar-refractivity contribution in [2.45, 2.75) is 13.8 Å². The molecule has 0 fully saturated rings. The lowest BCUT2D eigenvalue weighted by Gasteiger charge is -2.02. The Morgan fingerprint density at radius 1 is 1.75 bits per heavy atom. The summed E-state index contributed by atoms with van der Waals surface area (Å²) in [6.07, 6.45) is 0. The van der Waals surface area contributed by atoms with Crippen LogP contribution < -0.4 is 0 Å². The van der Waals surface area contributed by atoms with Gasteiger partial charge in [0.25, 0.3) is 0 Å². The van der Waals surface area contributed by atoms with Crippen molar-refractivity contribution in [1.29, 1.82) is 0 Å². The van der Waals surface area contributed by atoms with E-state index in [4.69, 9.17) is 5.11 Å². The minimum Gasteiger partial charge on any atom is -0.600 e. The van der Waals surface area contributed by atoms with Gasteiger partial charge in [-0.3, -0.25) is 0 Å². The molecule has 12 heavy (non-hydrogen) atoms. The predicted molar refractivity (Wildman–Crippen MR) is 42.5 cm³/mol. The first kappa shape index (κ1) is 10.6. The molecule has 0 rings (SSSR count). The maximum absolute atomic E-state index is 10.8. The summed E-state index contributed by atoms with van der Waals surface area (Å²) in [6, 6.07) is 0. The highest BCUT2D eigenvalue weighted by atomic mass is 16.5. The fraction of sp³-hybridized carbons (Fsp3) is 0.571. The maximum atomic E-state index is 10.8. The Balaban J connectivity index is 4.16. The molecule has 0 aromatic rings. The number of carbonyl (C=O) groups is 1. The summed E-state index contributed by atoms with van der Waals surface area (Å²) in [5, 5.41) is 22.3. The Kier molecular flexibility index (Phi) is 3.96. The number of aliphatic carboxylic acids is 1. The summed E-state index contributed by atoms with van der Waals surface area (Å²) in [4.78, 5) is 10.5. The van der Waals surface area contributed by atoms with Gasteiger partial charge in [-0.1, -0.05) is 25.3 Å². The molecule has 5 nitrogen and oxygen atoms in total. The highest BCUT2D eigenvalue weighted by Gasteiger charge is 2.07. The van der Waals surface area contributed by atoms with Crippen molar-refractivity contribution in [3.8, 4) is 0 Å². The first-order chi connectivity index (χ1) is 5.43. The molecule has 0 aliphatic rings. The topological polar surface area (TPSA) is 75.7 Å². The standard InChI is InChI=1S/C7H12N2O3/c1-5(2)4-9(12)8-6(3)7(10)11/h5H,3-4H2,1-2H3,(H,10,11)/i6+1,8+1. The molecule has 0 bridgehead atoms. The van der Waals surface area contributed by atoms with Crippen LogP contribution >= 0.6 is 0 Å². The van der Waals surface area contributed by atoms with Crippen LogP contribution in [0.15, 0.2) is 17.4 Å². The largest absolute Gasteiger partial charge is 0.600 e. The Morgan fingerprint density at radius 3 is 2.58 bits per heavy atom. The fourth-order valence-corrected chi connectivity index (χ4v) is 0.531. The van der Waals surface area contributed by atoms with E-state index in [1.807, 2.05) is 13.8 Å². The average Bonchev–Trinajstić information content (AvgIpc) is 1.84. The van der Waals surface area contributed by atoms with Gasteiger partial charge in [-0.25, -0.2) is 4.79 Å². The summed E-state index contributed by atoms with van der Waals surface area (Å²) >= 11 is 0. The van der Waals surface area contributed by atoms with Gasteiger partial charge in [-0.15, -0.1) is 0 Å². The van der Waals surface area contributed by atoms with Gasteiger partial charge >= 0.3 is 5.97 Å². The molecule has 0 spiro atoms. The molecular weight excluding hydrogens is 162 g/mol. The molecule has 0 saturated carbocycles. The van der Waals surface area contributed by atoms with Crippen molar-refractivity contribution in [3.63, 3.8) is 0 Å². The number of carboxylic acid groups (broad SMARTS) is 1. The molecule has 68 valence electrons. The third-order valence-electron chi connectivity index (χ3n) is 1.00. The van der Waals surface area contributed by atoms with Crippen molar-refractivity contribution < 1.29 is 14.8 Å². The van der Waals surface area contributed by atoms with Crippen molar-refractivity contribution >= 4 is 5.97 Å². The number of azo groups is 1. The molecule has 0 heterocycles. The average molecular weight is 174 g/mol. The van der Waals surface area contributed by atoms with E-state index in [1.165, 1.54) is 0 Å². The van der Waals surface area contributed by atoms with Crippen molar-refractivity contribution in [3.05, 3.63) is 17.5 Å². The van der Waals surface area contributed by atoms with Crippen LogP contribution in [0.4, 0.5) is 0 Å². The van der Waals surface area contributed by atoms with E-state index >= 15 is 0 Å². The minimum absolute atomic E-state index is 0.146. The molecule has 0 unspecified atom stereocenters. The molecule has 0 amide bonds. The smallest absolute Gasteiger partial charge is 0.360 e. The van der Waals surface area contributed by atoms with E-state index in [-0.39, 0.29) is 12.5 Å². The third kappa shape index (κ3) is 4.43. The Labute approximate surface area is 70.6 Å². The molecule has 0 aromatic heterocycles. The quantitative estimate of drug-likeness (QED) is 0.174. The van der Waals surface area contributed by atoms with Gasteiger partial charge in [-0.2, -0.15) is 0 Å². The zero-order valence-corrected chi connectivity index (χ0v) is 7.15. The van der Waals surface area contributed by atoms with Gasteiger partial charge in [-0.05, 0) is 0 Å². The van der Waals surface area contributed by atoms with Crippen LogP contribution in [0.1, 0.15) is 13.8 Å². The minimum atomic E-state index is -1.28. The van der Waals surface area contributed by atoms with Gasteiger partial charge in [0, 0.05) is 11.0 Å². The first-order valence-corrected chi connectivity index (χ1v) is 3.52. The van der Waals surface area contributed by atoms with E-state index in [2.05, 4.69) is 11.7 Å². The van der Waals surface area contributed by atoms with Gasteiger partial charge in [0.15, 0.2) is 6.54 Å². The number of hydrogen-bond donors (Lipinski definition) is 1. The summed E-state index contributed by atoms with van der Waals surface area (Å²) in [7, 11) is 0. The number of hydrogen-bond acceptors (Lipinski definition) is 3. The zero-order valence-electron chi connectivity index (χ0n) is 7.15. The summed E-state index contributed by atoms with van der Waals surface area (Å²) in [6.45, 7) is 6.94. The monoisotopic (exact) mass is 174 g/mol. The third-order valence-corrected chi connectivity index (χ3v) is 1.00. The highest BCUT2D eigenvalue weighted by molar-refractivity contribution is 5.84. The summed E-state index contributed by atoms with van der Waals surface area (Å²) in [5.41, 5.74) is -0.439. The lowest BCUT2D eigenvalue weighted by Crippen LogP contribution is -2.10.